The maximum atomic E-state index is 11.4. The monoisotopic (exact) mass is 289 g/mol. The summed E-state index contributed by atoms with van der Waals surface area (Å²) in [5, 5.41) is 12.1. The van der Waals surface area contributed by atoms with E-state index in [1.807, 2.05) is 24.5 Å². The molecule has 112 valence electrons. The van der Waals surface area contributed by atoms with E-state index in [9.17, 15) is 14.7 Å². The lowest BCUT2D eigenvalue weighted by Crippen LogP contribution is -2.25. The van der Waals surface area contributed by atoms with Gasteiger partial charge in [-0.3, -0.25) is 4.79 Å². The lowest BCUT2D eigenvalue weighted by atomic mass is 10.2. The summed E-state index contributed by atoms with van der Waals surface area (Å²) >= 11 is 0. The molecule has 0 bridgehead atoms. The number of fused-ring (bicyclic) bond motifs is 1. The van der Waals surface area contributed by atoms with E-state index in [2.05, 4.69) is 10.3 Å². The molecular formula is C15H19N3O3. The SMILES string of the molecule is CC(=O)NCCn1c(C(C)C)nc2cccc(C(=O)O)c21. The van der Waals surface area contributed by atoms with Crippen molar-refractivity contribution in [2.75, 3.05) is 6.54 Å². The van der Waals surface area contributed by atoms with Crippen LogP contribution in [0.5, 0.6) is 0 Å². The van der Waals surface area contributed by atoms with Crippen molar-refractivity contribution >= 4 is 22.9 Å². The second-order valence-electron chi connectivity index (χ2n) is 5.24. The molecule has 6 nitrogen and oxygen atoms in total. The summed E-state index contributed by atoms with van der Waals surface area (Å²) in [6.45, 7) is 6.41. The Bertz CT molecular complexity index is 689. The Kier molecular flexibility index (Phi) is 4.26. The van der Waals surface area contributed by atoms with E-state index in [0.717, 1.165) is 5.82 Å². The molecule has 1 aromatic carbocycles. The Hall–Kier alpha value is -2.37. The fourth-order valence-corrected chi connectivity index (χ4v) is 2.39. The van der Waals surface area contributed by atoms with Crippen molar-refractivity contribution in [2.24, 2.45) is 0 Å². The van der Waals surface area contributed by atoms with Crippen molar-refractivity contribution in [1.29, 1.82) is 0 Å². The Morgan fingerprint density at radius 2 is 2.10 bits per heavy atom. The molecule has 1 aromatic heterocycles. The first kappa shape index (κ1) is 15.0. The first-order valence-electron chi connectivity index (χ1n) is 6.88. The molecule has 21 heavy (non-hydrogen) atoms. The molecule has 1 amide bonds. The van der Waals surface area contributed by atoms with E-state index in [-0.39, 0.29) is 17.4 Å². The van der Waals surface area contributed by atoms with Crippen LogP contribution in [0.1, 0.15) is 42.9 Å². The minimum absolute atomic E-state index is 0.107. The van der Waals surface area contributed by atoms with Crippen LogP contribution in [0, 0.1) is 0 Å². The standard InChI is InChI=1S/C15H19N3O3/c1-9(2)14-17-12-6-4-5-11(15(20)21)13(12)18(14)8-7-16-10(3)19/h4-6,9H,7-8H2,1-3H3,(H,16,19)(H,20,21). The molecule has 0 aliphatic rings. The molecule has 0 aliphatic heterocycles. The van der Waals surface area contributed by atoms with Crippen LogP contribution in [-0.2, 0) is 11.3 Å². The number of amides is 1. The second-order valence-corrected chi connectivity index (χ2v) is 5.24. The van der Waals surface area contributed by atoms with E-state index in [4.69, 9.17) is 0 Å². The molecule has 0 spiro atoms. The van der Waals surface area contributed by atoms with Crippen molar-refractivity contribution in [3.05, 3.63) is 29.6 Å². The molecule has 2 N–H and O–H groups in total. The predicted octanol–water partition coefficient (Wildman–Crippen LogP) is 1.99. The molecule has 6 heteroatoms. The summed E-state index contributed by atoms with van der Waals surface area (Å²) in [7, 11) is 0. The molecule has 0 radical (unpaired) electrons. The first-order chi connectivity index (χ1) is 9.91. The van der Waals surface area contributed by atoms with Gasteiger partial charge in [-0.15, -0.1) is 0 Å². The number of benzene rings is 1. The van der Waals surface area contributed by atoms with Crippen LogP contribution in [0.15, 0.2) is 18.2 Å². The number of nitrogens with zero attached hydrogens (tertiary/aromatic N) is 2. The van der Waals surface area contributed by atoms with Gasteiger partial charge < -0.3 is 15.0 Å². The molecule has 0 aliphatic carbocycles. The number of hydrogen-bond donors (Lipinski definition) is 2. The molecule has 0 saturated carbocycles. The number of carboxylic acids is 1. The lowest BCUT2D eigenvalue weighted by Gasteiger charge is -2.12. The third kappa shape index (κ3) is 3.04. The van der Waals surface area contributed by atoms with Crippen LogP contribution >= 0.6 is 0 Å². The lowest BCUT2D eigenvalue weighted by molar-refractivity contribution is -0.118. The van der Waals surface area contributed by atoms with Crippen molar-refractivity contribution in [3.8, 4) is 0 Å². The minimum Gasteiger partial charge on any atom is -0.478 e. The highest BCUT2D eigenvalue weighted by atomic mass is 16.4. The van der Waals surface area contributed by atoms with Crippen LogP contribution in [0.3, 0.4) is 0 Å². The summed E-state index contributed by atoms with van der Waals surface area (Å²) in [6.07, 6.45) is 0. The number of nitrogens with one attached hydrogen (secondary N) is 1. The highest BCUT2D eigenvalue weighted by Crippen LogP contribution is 2.24. The number of carboxylic acid groups (broad SMARTS) is 1. The largest absolute Gasteiger partial charge is 0.478 e. The number of hydrogen-bond acceptors (Lipinski definition) is 3. The van der Waals surface area contributed by atoms with Gasteiger partial charge in [-0.25, -0.2) is 9.78 Å². The van der Waals surface area contributed by atoms with Gasteiger partial charge in [-0.1, -0.05) is 19.9 Å². The summed E-state index contributed by atoms with van der Waals surface area (Å²) < 4.78 is 1.89. The van der Waals surface area contributed by atoms with Gasteiger partial charge in [0.25, 0.3) is 0 Å². The highest BCUT2D eigenvalue weighted by Gasteiger charge is 2.18. The fourth-order valence-electron chi connectivity index (χ4n) is 2.39. The predicted molar refractivity (Wildman–Crippen MR) is 79.5 cm³/mol. The smallest absolute Gasteiger partial charge is 0.337 e. The molecule has 0 unspecified atom stereocenters. The average Bonchev–Trinajstić information content (AvgIpc) is 2.77. The second kappa shape index (κ2) is 5.95. The third-order valence-electron chi connectivity index (χ3n) is 3.25. The van der Waals surface area contributed by atoms with Gasteiger partial charge in [0.2, 0.25) is 5.91 Å². The summed E-state index contributed by atoms with van der Waals surface area (Å²) in [6, 6.07) is 5.08. The van der Waals surface area contributed by atoms with Gasteiger partial charge in [0.1, 0.15) is 5.82 Å². The quantitative estimate of drug-likeness (QED) is 0.881. The van der Waals surface area contributed by atoms with Crippen LogP contribution < -0.4 is 5.32 Å². The highest BCUT2D eigenvalue weighted by molar-refractivity contribution is 6.01. The zero-order chi connectivity index (χ0) is 15.6. The third-order valence-corrected chi connectivity index (χ3v) is 3.25. The average molecular weight is 289 g/mol. The minimum atomic E-state index is -0.975. The molecular weight excluding hydrogens is 270 g/mol. The van der Waals surface area contributed by atoms with E-state index in [1.165, 1.54) is 6.92 Å². The van der Waals surface area contributed by atoms with Crippen molar-refractivity contribution < 1.29 is 14.7 Å². The molecule has 2 rings (SSSR count). The molecule has 0 fully saturated rings. The molecule has 2 aromatic rings. The Morgan fingerprint density at radius 3 is 2.67 bits per heavy atom. The van der Waals surface area contributed by atoms with Crippen molar-refractivity contribution in [3.63, 3.8) is 0 Å². The van der Waals surface area contributed by atoms with E-state index in [0.29, 0.717) is 24.1 Å². The van der Waals surface area contributed by atoms with Gasteiger partial charge >= 0.3 is 5.97 Å². The van der Waals surface area contributed by atoms with E-state index in [1.54, 1.807) is 12.1 Å². The van der Waals surface area contributed by atoms with E-state index < -0.39 is 5.97 Å². The van der Waals surface area contributed by atoms with E-state index >= 15 is 0 Å². The van der Waals surface area contributed by atoms with Gasteiger partial charge in [0.15, 0.2) is 0 Å². The maximum absolute atomic E-state index is 11.4. The molecule has 1 heterocycles. The summed E-state index contributed by atoms with van der Waals surface area (Å²) in [5.74, 6) is -0.0963. The zero-order valence-electron chi connectivity index (χ0n) is 12.4. The fraction of sp³-hybridized carbons (Fsp3) is 0.400. The van der Waals surface area contributed by atoms with Crippen molar-refractivity contribution in [1.82, 2.24) is 14.9 Å². The molecule has 0 atom stereocenters. The van der Waals surface area contributed by atoms with Gasteiger partial charge in [-0.05, 0) is 12.1 Å². The Balaban J connectivity index is 2.54. The number of carbonyl (C=O) groups is 2. The summed E-state index contributed by atoms with van der Waals surface area (Å²) in [5.41, 5.74) is 1.51. The Labute approximate surface area is 122 Å². The van der Waals surface area contributed by atoms with Crippen molar-refractivity contribution in [2.45, 2.75) is 33.2 Å². The normalized spacial score (nSPS) is 11.0. The van der Waals surface area contributed by atoms with Crippen LogP contribution in [0.2, 0.25) is 0 Å². The van der Waals surface area contributed by atoms with Gasteiger partial charge in [0, 0.05) is 25.9 Å². The number of carbonyl (C=O) groups excluding carboxylic acids is 1. The van der Waals surface area contributed by atoms with Gasteiger partial charge in [0.05, 0.1) is 16.6 Å². The molecule has 0 saturated heterocycles. The van der Waals surface area contributed by atoms with Crippen LogP contribution in [0.4, 0.5) is 0 Å². The topological polar surface area (TPSA) is 84.2 Å². The number of para-hydroxylation sites is 1. The maximum Gasteiger partial charge on any atom is 0.337 e. The zero-order valence-corrected chi connectivity index (χ0v) is 12.4. The first-order valence-corrected chi connectivity index (χ1v) is 6.88. The number of imidazole rings is 1. The number of aromatic nitrogens is 2. The summed E-state index contributed by atoms with van der Waals surface area (Å²) in [4.78, 5) is 27.0. The Morgan fingerprint density at radius 1 is 1.38 bits per heavy atom. The number of rotatable bonds is 5. The van der Waals surface area contributed by atoms with Crippen LogP contribution in [-0.4, -0.2) is 33.1 Å². The van der Waals surface area contributed by atoms with Crippen LogP contribution in [0.25, 0.3) is 11.0 Å². The van der Waals surface area contributed by atoms with Gasteiger partial charge in [-0.2, -0.15) is 0 Å². The number of aromatic carboxylic acids is 1.